The van der Waals surface area contributed by atoms with Gasteiger partial charge in [0.2, 0.25) is 0 Å². The van der Waals surface area contributed by atoms with E-state index in [1.807, 2.05) is 32.0 Å². The summed E-state index contributed by atoms with van der Waals surface area (Å²) in [6.07, 6.45) is 0.924. The second-order valence-electron chi connectivity index (χ2n) is 3.36. The van der Waals surface area contributed by atoms with E-state index >= 15 is 0 Å². The van der Waals surface area contributed by atoms with E-state index in [9.17, 15) is 4.79 Å². The molecule has 0 aliphatic carbocycles. The highest BCUT2D eigenvalue weighted by molar-refractivity contribution is 6.17. The van der Waals surface area contributed by atoms with Crippen LogP contribution in [0.1, 0.15) is 30.9 Å². The monoisotopic (exact) mass is 226 g/mol. The highest BCUT2D eigenvalue weighted by Crippen LogP contribution is 2.25. The number of carbonyl (C=O) groups excluding carboxylic acids is 1. The van der Waals surface area contributed by atoms with Crippen molar-refractivity contribution >= 4 is 17.9 Å². The molecule has 0 amide bonds. The Bertz CT molecular complexity index is 336. The summed E-state index contributed by atoms with van der Waals surface area (Å²) in [5, 5.41) is 0. The van der Waals surface area contributed by atoms with Crippen molar-refractivity contribution in [2.75, 3.05) is 6.61 Å². The fraction of sp³-hybridized carbons (Fsp3) is 0.417. The largest absolute Gasteiger partial charge is 0.494 e. The van der Waals surface area contributed by atoms with E-state index in [1.165, 1.54) is 0 Å². The SMILES string of the molecule is CCOc1ccc(C(C)C=O)cc1CCl. The van der Waals surface area contributed by atoms with E-state index in [0.29, 0.717) is 12.5 Å². The van der Waals surface area contributed by atoms with Crippen LogP contribution >= 0.6 is 11.6 Å². The second kappa shape index (κ2) is 5.76. The second-order valence-corrected chi connectivity index (χ2v) is 3.63. The van der Waals surface area contributed by atoms with Crippen molar-refractivity contribution in [1.29, 1.82) is 0 Å². The quantitative estimate of drug-likeness (QED) is 0.570. The minimum Gasteiger partial charge on any atom is -0.494 e. The molecule has 0 bridgehead atoms. The summed E-state index contributed by atoms with van der Waals surface area (Å²) in [5.41, 5.74) is 1.91. The summed E-state index contributed by atoms with van der Waals surface area (Å²) in [6, 6.07) is 5.70. The van der Waals surface area contributed by atoms with Gasteiger partial charge in [0.25, 0.3) is 0 Å². The summed E-state index contributed by atoms with van der Waals surface area (Å²) in [6.45, 7) is 4.41. The van der Waals surface area contributed by atoms with E-state index < -0.39 is 0 Å². The molecule has 1 unspecified atom stereocenters. The average molecular weight is 227 g/mol. The maximum absolute atomic E-state index is 10.7. The van der Waals surface area contributed by atoms with Crippen molar-refractivity contribution in [2.24, 2.45) is 0 Å². The number of ether oxygens (including phenoxy) is 1. The van der Waals surface area contributed by atoms with Gasteiger partial charge in [0.05, 0.1) is 12.5 Å². The van der Waals surface area contributed by atoms with Gasteiger partial charge < -0.3 is 9.53 Å². The zero-order chi connectivity index (χ0) is 11.3. The van der Waals surface area contributed by atoms with E-state index in [1.54, 1.807) is 0 Å². The molecule has 0 aliphatic heterocycles. The third-order valence-electron chi connectivity index (χ3n) is 2.26. The molecule has 1 aromatic rings. The van der Waals surface area contributed by atoms with E-state index in [2.05, 4.69) is 0 Å². The van der Waals surface area contributed by atoms with Gasteiger partial charge in [0.1, 0.15) is 12.0 Å². The van der Waals surface area contributed by atoms with Gasteiger partial charge in [-0.15, -0.1) is 11.6 Å². The molecule has 0 spiro atoms. The zero-order valence-electron chi connectivity index (χ0n) is 9.00. The van der Waals surface area contributed by atoms with Crippen molar-refractivity contribution in [3.63, 3.8) is 0 Å². The van der Waals surface area contributed by atoms with Crippen LogP contribution in [0.2, 0.25) is 0 Å². The van der Waals surface area contributed by atoms with Crippen LogP contribution in [0.3, 0.4) is 0 Å². The Morgan fingerprint density at radius 3 is 2.80 bits per heavy atom. The van der Waals surface area contributed by atoms with Crippen LogP contribution in [0.5, 0.6) is 5.75 Å². The van der Waals surface area contributed by atoms with Gasteiger partial charge in [-0.1, -0.05) is 19.1 Å². The van der Waals surface area contributed by atoms with Crippen LogP contribution in [0.4, 0.5) is 0 Å². The Morgan fingerprint density at radius 1 is 1.53 bits per heavy atom. The number of hydrogen-bond donors (Lipinski definition) is 0. The lowest BCUT2D eigenvalue weighted by Crippen LogP contribution is -1.99. The van der Waals surface area contributed by atoms with E-state index in [-0.39, 0.29) is 5.92 Å². The number of carbonyl (C=O) groups is 1. The van der Waals surface area contributed by atoms with Gasteiger partial charge in [0, 0.05) is 11.5 Å². The Kier molecular flexibility index (Phi) is 4.63. The smallest absolute Gasteiger partial charge is 0.127 e. The average Bonchev–Trinajstić information content (AvgIpc) is 2.29. The van der Waals surface area contributed by atoms with Crippen molar-refractivity contribution in [2.45, 2.75) is 25.6 Å². The molecule has 0 radical (unpaired) electrons. The molecule has 0 N–H and O–H groups in total. The molecular weight excluding hydrogens is 212 g/mol. The van der Waals surface area contributed by atoms with Crippen LogP contribution < -0.4 is 4.74 Å². The molecule has 1 rings (SSSR count). The molecule has 0 heterocycles. The number of rotatable bonds is 5. The molecule has 0 saturated carbocycles. The number of halogens is 1. The standard InChI is InChI=1S/C12H15ClO2/c1-3-15-12-5-4-10(9(2)8-14)6-11(12)7-13/h4-6,8-9H,3,7H2,1-2H3. The lowest BCUT2D eigenvalue weighted by Gasteiger charge is -2.11. The Labute approximate surface area is 95.2 Å². The summed E-state index contributed by atoms with van der Waals surface area (Å²) in [4.78, 5) is 10.7. The molecule has 15 heavy (non-hydrogen) atoms. The van der Waals surface area contributed by atoms with E-state index in [4.69, 9.17) is 16.3 Å². The minimum atomic E-state index is -0.0948. The lowest BCUT2D eigenvalue weighted by atomic mass is 10.0. The Morgan fingerprint density at radius 2 is 2.27 bits per heavy atom. The van der Waals surface area contributed by atoms with Gasteiger partial charge >= 0.3 is 0 Å². The van der Waals surface area contributed by atoms with Crippen molar-refractivity contribution in [3.8, 4) is 5.75 Å². The Hall–Kier alpha value is -1.02. The number of hydrogen-bond acceptors (Lipinski definition) is 2. The van der Waals surface area contributed by atoms with Crippen LogP contribution in [-0.4, -0.2) is 12.9 Å². The van der Waals surface area contributed by atoms with Crippen molar-refractivity contribution < 1.29 is 9.53 Å². The van der Waals surface area contributed by atoms with Gasteiger partial charge in [-0.05, 0) is 18.6 Å². The number of alkyl halides is 1. The van der Waals surface area contributed by atoms with Gasteiger partial charge in [-0.2, -0.15) is 0 Å². The molecule has 0 aromatic heterocycles. The highest BCUT2D eigenvalue weighted by Gasteiger charge is 2.08. The van der Waals surface area contributed by atoms with Gasteiger partial charge in [-0.3, -0.25) is 0 Å². The maximum atomic E-state index is 10.7. The molecule has 0 saturated heterocycles. The van der Waals surface area contributed by atoms with Crippen molar-refractivity contribution in [3.05, 3.63) is 29.3 Å². The normalized spacial score (nSPS) is 12.2. The molecule has 1 atom stereocenters. The predicted molar refractivity (Wildman–Crippen MR) is 61.6 cm³/mol. The van der Waals surface area contributed by atoms with Crippen LogP contribution in [0.15, 0.2) is 18.2 Å². The summed E-state index contributed by atoms with van der Waals surface area (Å²) < 4.78 is 5.42. The number of aldehydes is 1. The molecule has 3 heteroatoms. The number of benzene rings is 1. The molecule has 0 aliphatic rings. The van der Waals surface area contributed by atoms with Crippen LogP contribution in [0.25, 0.3) is 0 Å². The first-order valence-corrected chi connectivity index (χ1v) is 5.53. The molecule has 2 nitrogen and oxygen atoms in total. The van der Waals surface area contributed by atoms with Gasteiger partial charge in [-0.25, -0.2) is 0 Å². The van der Waals surface area contributed by atoms with Crippen LogP contribution in [-0.2, 0) is 10.7 Å². The first-order valence-electron chi connectivity index (χ1n) is 4.99. The van der Waals surface area contributed by atoms with Crippen molar-refractivity contribution in [1.82, 2.24) is 0 Å². The van der Waals surface area contributed by atoms with Crippen LogP contribution in [0, 0.1) is 0 Å². The first-order chi connectivity index (χ1) is 7.22. The minimum absolute atomic E-state index is 0.0948. The summed E-state index contributed by atoms with van der Waals surface area (Å²) in [5.74, 6) is 1.10. The summed E-state index contributed by atoms with van der Waals surface area (Å²) >= 11 is 5.82. The third kappa shape index (κ3) is 2.96. The molecular formula is C12H15ClO2. The zero-order valence-corrected chi connectivity index (χ0v) is 9.75. The molecule has 1 aromatic carbocycles. The topological polar surface area (TPSA) is 26.3 Å². The lowest BCUT2D eigenvalue weighted by molar-refractivity contribution is -0.108. The fourth-order valence-electron chi connectivity index (χ4n) is 1.36. The maximum Gasteiger partial charge on any atom is 0.127 e. The fourth-order valence-corrected chi connectivity index (χ4v) is 1.57. The summed E-state index contributed by atoms with van der Waals surface area (Å²) in [7, 11) is 0. The van der Waals surface area contributed by atoms with E-state index in [0.717, 1.165) is 23.2 Å². The Balaban J connectivity index is 3.01. The highest BCUT2D eigenvalue weighted by atomic mass is 35.5. The van der Waals surface area contributed by atoms with Gasteiger partial charge in [0.15, 0.2) is 0 Å². The first kappa shape index (κ1) is 12.1. The predicted octanol–water partition coefficient (Wildman–Crippen LogP) is 3.13. The molecule has 0 fully saturated rings. The third-order valence-corrected chi connectivity index (χ3v) is 2.55. The molecule has 82 valence electrons.